The third-order valence-corrected chi connectivity index (χ3v) is 3.33. The van der Waals surface area contributed by atoms with Crippen LogP contribution in [0.3, 0.4) is 0 Å². The Morgan fingerprint density at radius 2 is 2.44 bits per heavy atom. The first-order valence-corrected chi connectivity index (χ1v) is 6.14. The molecule has 0 radical (unpaired) electrons. The molecule has 1 aliphatic heterocycles. The van der Waals surface area contributed by atoms with Crippen LogP contribution in [0.4, 0.5) is 0 Å². The zero-order valence-corrected chi connectivity index (χ0v) is 10.3. The zero-order valence-electron chi connectivity index (χ0n) is 10.3. The molecule has 16 heavy (non-hydrogen) atoms. The van der Waals surface area contributed by atoms with Crippen LogP contribution < -0.4 is 5.32 Å². The van der Waals surface area contributed by atoms with Crippen molar-refractivity contribution in [2.24, 2.45) is 7.05 Å². The van der Waals surface area contributed by atoms with E-state index in [0.717, 1.165) is 13.1 Å². The average molecular weight is 222 g/mol. The number of nitrogens with zero attached hydrogens (tertiary/aromatic N) is 3. The van der Waals surface area contributed by atoms with E-state index in [9.17, 15) is 0 Å². The van der Waals surface area contributed by atoms with Gasteiger partial charge in [-0.3, -0.25) is 9.58 Å². The van der Waals surface area contributed by atoms with Crippen LogP contribution in [0.15, 0.2) is 12.4 Å². The Hall–Kier alpha value is -0.870. The molecule has 0 bridgehead atoms. The molecule has 1 aliphatic rings. The quantitative estimate of drug-likeness (QED) is 0.828. The Morgan fingerprint density at radius 1 is 1.56 bits per heavy atom. The van der Waals surface area contributed by atoms with Gasteiger partial charge in [0.15, 0.2) is 0 Å². The smallest absolute Gasteiger partial charge is 0.0534 e. The largest absolute Gasteiger partial charge is 0.315 e. The molecule has 4 nitrogen and oxygen atoms in total. The summed E-state index contributed by atoms with van der Waals surface area (Å²) < 4.78 is 1.87. The molecule has 1 fully saturated rings. The van der Waals surface area contributed by atoms with Crippen LogP contribution in [0.2, 0.25) is 0 Å². The number of likely N-dealkylation sites (N-methyl/N-ethyl adjacent to an activating group) is 1. The predicted octanol–water partition coefficient (Wildman–Crippen LogP) is 0.994. The lowest BCUT2D eigenvalue weighted by atomic mass is 10.1. The second kappa shape index (κ2) is 5.46. The lowest BCUT2D eigenvalue weighted by Crippen LogP contribution is -2.38. The highest BCUT2D eigenvalue weighted by atomic mass is 15.2. The van der Waals surface area contributed by atoms with Crippen molar-refractivity contribution in [1.29, 1.82) is 0 Å². The van der Waals surface area contributed by atoms with E-state index < -0.39 is 0 Å². The Morgan fingerprint density at radius 3 is 3.19 bits per heavy atom. The summed E-state index contributed by atoms with van der Waals surface area (Å²) in [6.07, 6.45) is 8.03. The molecule has 0 aromatic carbocycles. The van der Waals surface area contributed by atoms with Gasteiger partial charge in [-0.1, -0.05) is 6.42 Å². The number of rotatable bonds is 3. The highest BCUT2D eigenvalue weighted by Gasteiger charge is 2.16. The minimum atomic E-state index is 0.669. The van der Waals surface area contributed by atoms with E-state index >= 15 is 0 Å². The molecule has 1 aromatic heterocycles. The Kier molecular flexibility index (Phi) is 3.96. The van der Waals surface area contributed by atoms with Crippen LogP contribution in [-0.4, -0.2) is 40.9 Å². The summed E-state index contributed by atoms with van der Waals surface area (Å²) in [4.78, 5) is 2.44. The molecule has 0 saturated carbocycles. The first-order chi connectivity index (χ1) is 7.75. The topological polar surface area (TPSA) is 33.1 Å². The molecular weight excluding hydrogens is 200 g/mol. The maximum atomic E-state index is 4.21. The number of aryl methyl sites for hydroxylation is 1. The third kappa shape index (κ3) is 3.06. The van der Waals surface area contributed by atoms with Crippen LogP contribution in [0, 0.1) is 0 Å². The molecule has 1 N–H and O–H groups in total. The van der Waals surface area contributed by atoms with E-state index in [1.165, 1.54) is 31.4 Å². The van der Waals surface area contributed by atoms with E-state index in [2.05, 4.69) is 28.6 Å². The third-order valence-electron chi connectivity index (χ3n) is 3.33. The van der Waals surface area contributed by atoms with E-state index in [0.29, 0.717) is 6.04 Å². The highest BCUT2D eigenvalue weighted by Crippen LogP contribution is 2.12. The van der Waals surface area contributed by atoms with E-state index in [4.69, 9.17) is 0 Å². The highest BCUT2D eigenvalue weighted by molar-refractivity contribution is 5.03. The summed E-state index contributed by atoms with van der Waals surface area (Å²) in [5, 5.41) is 7.71. The van der Waals surface area contributed by atoms with Crippen LogP contribution in [-0.2, 0) is 13.6 Å². The first kappa shape index (κ1) is 11.6. The summed E-state index contributed by atoms with van der Waals surface area (Å²) in [5.74, 6) is 0. The van der Waals surface area contributed by atoms with Crippen molar-refractivity contribution in [1.82, 2.24) is 20.0 Å². The fourth-order valence-corrected chi connectivity index (χ4v) is 2.35. The predicted molar refractivity (Wildman–Crippen MR) is 65.2 cm³/mol. The van der Waals surface area contributed by atoms with Crippen LogP contribution in [0.5, 0.6) is 0 Å². The molecule has 4 heteroatoms. The van der Waals surface area contributed by atoms with E-state index in [-0.39, 0.29) is 0 Å². The van der Waals surface area contributed by atoms with Crippen molar-refractivity contribution >= 4 is 0 Å². The second-order valence-electron chi connectivity index (χ2n) is 4.79. The average Bonchev–Trinajstić information content (AvgIpc) is 2.56. The molecular formula is C12H22N4. The fraction of sp³-hybridized carbons (Fsp3) is 0.750. The van der Waals surface area contributed by atoms with Crippen molar-refractivity contribution in [2.75, 3.05) is 20.1 Å². The molecule has 2 rings (SSSR count). The van der Waals surface area contributed by atoms with E-state index in [1.807, 2.05) is 17.9 Å². The fourth-order valence-electron chi connectivity index (χ4n) is 2.35. The SMILES string of the molecule is CN(Cc1cnn(C)c1)C1CCCCNC1. The van der Waals surface area contributed by atoms with Crippen molar-refractivity contribution in [2.45, 2.75) is 31.8 Å². The number of nitrogens with one attached hydrogen (secondary N) is 1. The summed E-state index contributed by atoms with van der Waals surface area (Å²) in [6.45, 7) is 3.30. The lowest BCUT2D eigenvalue weighted by Gasteiger charge is -2.26. The van der Waals surface area contributed by atoms with Gasteiger partial charge in [0.05, 0.1) is 6.20 Å². The Bertz CT molecular complexity index is 313. The van der Waals surface area contributed by atoms with Gasteiger partial charge in [0.25, 0.3) is 0 Å². The molecule has 0 spiro atoms. The molecule has 2 heterocycles. The normalized spacial score (nSPS) is 22.3. The monoisotopic (exact) mass is 222 g/mol. The molecule has 1 atom stereocenters. The van der Waals surface area contributed by atoms with Crippen LogP contribution >= 0.6 is 0 Å². The Labute approximate surface area is 97.6 Å². The van der Waals surface area contributed by atoms with Crippen molar-refractivity contribution in [3.63, 3.8) is 0 Å². The molecule has 90 valence electrons. The van der Waals surface area contributed by atoms with Crippen molar-refractivity contribution < 1.29 is 0 Å². The number of aromatic nitrogens is 2. The van der Waals surface area contributed by atoms with Gasteiger partial charge >= 0.3 is 0 Å². The minimum Gasteiger partial charge on any atom is -0.315 e. The molecule has 0 aliphatic carbocycles. The first-order valence-electron chi connectivity index (χ1n) is 6.14. The summed E-state index contributed by atoms with van der Waals surface area (Å²) in [5.41, 5.74) is 1.30. The summed E-state index contributed by atoms with van der Waals surface area (Å²) >= 11 is 0. The molecule has 1 unspecified atom stereocenters. The van der Waals surface area contributed by atoms with Crippen molar-refractivity contribution in [3.05, 3.63) is 18.0 Å². The Balaban J connectivity index is 1.88. The molecule has 1 saturated heterocycles. The second-order valence-corrected chi connectivity index (χ2v) is 4.79. The summed E-state index contributed by atoms with van der Waals surface area (Å²) in [6, 6.07) is 0.669. The van der Waals surface area contributed by atoms with Crippen LogP contribution in [0.1, 0.15) is 24.8 Å². The van der Waals surface area contributed by atoms with Gasteiger partial charge in [0.2, 0.25) is 0 Å². The standard InChI is InChI=1S/C12H22N4/c1-15(9-11-7-14-16(2)10-11)12-5-3-4-6-13-8-12/h7,10,12-13H,3-6,8-9H2,1-2H3. The molecule has 0 amide bonds. The lowest BCUT2D eigenvalue weighted by molar-refractivity contribution is 0.222. The van der Waals surface area contributed by atoms with Gasteiger partial charge in [-0.2, -0.15) is 5.10 Å². The summed E-state index contributed by atoms with van der Waals surface area (Å²) in [7, 11) is 4.18. The van der Waals surface area contributed by atoms with Gasteiger partial charge < -0.3 is 5.32 Å². The zero-order chi connectivity index (χ0) is 11.4. The number of hydrogen-bond donors (Lipinski definition) is 1. The van der Waals surface area contributed by atoms with Gasteiger partial charge in [0, 0.05) is 37.9 Å². The van der Waals surface area contributed by atoms with Gasteiger partial charge in [-0.25, -0.2) is 0 Å². The van der Waals surface area contributed by atoms with Gasteiger partial charge in [-0.15, -0.1) is 0 Å². The number of hydrogen-bond acceptors (Lipinski definition) is 3. The van der Waals surface area contributed by atoms with Gasteiger partial charge in [0.1, 0.15) is 0 Å². The maximum absolute atomic E-state index is 4.21. The maximum Gasteiger partial charge on any atom is 0.0534 e. The van der Waals surface area contributed by atoms with E-state index in [1.54, 1.807) is 0 Å². The molecule has 1 aromatic rings. The van der Waals surface area contributed by atoms with Crippen LogP contribution in [0.25, 0.3) is 0 Å². The minimum absolute atomic E-state index is 0.669. The van der Waals surface area contributed by atoms with Gasteiger partial charge in [-0.05, 0) is 26.4 Å². The van der Waals surface area contributed by atoms with Crippen molar-refractivity contribution in [3.8, 4) is 0 Å².